The Kier molecular flexibility index (Phi) is 11.7. The average molecular weight is 616 g/mol. The number of methoxy groups -OCH3 is 1. The molecule has 1 fully saturated rings. The van der Waals surface area contributed by atoms with Crippen molar-refractivity contribution in [2.24, 2.45) is 5.41 Å². The number of aliphatic hydroxyl groups excluding tert-OH is 2. The van der Waals surface area contributed by atoms with E-state index in [2.05, 4.69) is 10.1 Å². The summed E-state index contributed by atoms with van der Waals surface area (Å²) in [6, 6.07) is 10.5. The zero-order valence-corrected chi connectivity index (χ0v) is 25.2. The van der Waals surface area contributed by atoms with Gasteiger partial charge < -0.3 is 24.8 Å². The number of nitrogens with one attached hydrogen (secondary N) is 1. The van der Waals surface area contributed by atoms with Crippen LogP contribution in [0, 0.1) is 5.41 Å². The van der Waals surface area contributed by atoms with E-state index < -0.39 is 49.5 Å². The van der Waals surface area contributed by atoms with Crippen LogP contribution in [0.2, 0.25) is 0 Å². The van der Waals surface area contributed by atoms with E-state index in [9.17, 15) is 29.5 Å². The van der Waals surface area contributed by atoms with E-state index in [0.29, 0.717) is 6.42 Å². The van der Waals surface area contributed by atoms with Gasteiger partial charge in [-0.05, 0) is 18.9 Å². The van der Waals surface area contributed by atoms with Crippen molar-refractivity contribution in [3.8, 4) is 5.88 Å². The van der Waals surface area contributed by atoms with Crippen LogP contribution < -0.4 is 15.5 Å². The molecule has 228 valence electrons. The molecule has 13 nitrogen and oxygen atoms in total. The van der Waals surface area contributed by atoms with E-state index in [1.807, 2.05) is 30.3 Å². The van der Waals surface area contributed by atoms with Crippen LogP contribution in [0.25, 0.3) is 0 Å². The van der Waals surface area contributed by atoms with Crippen LogP contribution in [0.1, 0.15) is 39.0 Å². The zero-order valence-electron chi connectivity index (χ0n) is 23.5. The molecule has 1 aliphatic heterocycles. The van der Waals surface area contributed by atoms with Gasteiger partial charge in [-0.15, -0.1) is 0 Å². The minimum atomic E-state index is -4.02. The number of aromatic nitrogens is 2. The fraction of sp³-hybridized carbons (Fsp3) is 0.577. The Morgan fingerprint density at radius 3 is 2.61 bits per heavy atom. The molecule has 2 aromatic rings. The summed E-state index contributed by atoms with van der Waals surface area (Å²) >= 11 is 0.999. The molecule has 1 aromatic heterocycles. The lowest BCUT2D eigenvalue weighted by molar-refractivity contribution is -0.118. The molecule has 41 heavy (non-hydrogen) atoms. The second-order valence-corrected chi connectivity index (χ2v) is 13.2. The van der Waals surface area contributed by atoms with Crippen LogP contribution in [0.5, 0.6) is 5.88 Å². The van der Waals surface area contributed by atoms with Gasteiger partial charge in [0.1, 0.15) is 17.8 Å². The fourth-order valence-electron chi connectivity index (χ4n) is 4.02. The molecule has 15 heteroatoms. The number of hydrogen-bond donors (Lipinski definition) is 4. The predicted octanol–water partition coefficient (Wildman–Crippen LogP) is 1.86. The van der Waals surface area contributed by atoms with Gasteiger partial charge in [0.15, 0.2) is 11.3 Å². The number of ether oxygens (including phenoxy) is 2. The molecule has 0 saturated carbocycles. The van der Waals surface area contributed by atoms with Gasteiger partial charge in [-0.1, -0.05) is 55.9 Å². The minimum absolute atomic E-state index is 0.0729. The first-order valence-electron chi connectivity index (χ1n) is 13.0. The summed E-state index contributed by atoms with van der Waals surface area (Å²) in [5, 5.41) is 33.6. The molecular weight excluding hydrogens is 577 g/mol. The maximum absolute atomic E-state index is 13.7. The van der Waals surface area contributed by atoms with E-state index in [1.54, 1.807) is 13.8 Å². The van der Waals surface area contributed by atoms with Crippen LogP contribution in [-0.4, -0.2) is 80.5 Å². The highest BCUT2D eigenvalue weighted by Gasteiger charge is 2.54. The van der Waals surface area contributed by atoms with Gasteiger partial charge in [0.2, 0.25) is 5.88 Å². The third-order valence-corrected chi connectivity index (χ3v) is 9.36. The molecular formula is C26H38N3O10PS. The smallest absolute Gasteiger partial charge is 0.405 e. The van der Waals surface area contributed by atoms with Crippen molar-refractivity contribution in [1.29, 1.82) is 0 Å². The normalized spacial score (nSPS) is 24.2. The topological polar surface area (TPSA) is 179 Å². The van der Waals surface area contributed by atoms with Crippen molar-refractivity contribution in [1.82, 2.24) is 14.6 Å². The van der Waals surface area contributed by atoms with E-state index in [4.69, 9.17) is 18.5 Å². The molecule has 1 unspecified atom stereocenters. The lowest BCUT2D eigenvalue weighted by Gasteiger charge is -2.27. The van der Waals surface area contributed by atoms with Crippen LogP contribution in [0.4, 0.5) is 0 Å². The van der Waals surface area contributed by atoms with Crippen molar-refractivity contribution >= 4 is 24.6 Å². The highest BCUT2D eigenvalue weighted by Crippen LogP contribution is 2.46. The van der Waals surface area contributed by atoms with Crippen LogP contribution in [0.3, 0.4) is 0 Å². The monoisotopic (exact) mass is 615 g/mol. The lowest BCUT2D eigenvalue weighted by Crippen LogP contribution is -2.46. The van der Waals surface area contributed by atoms with Gasteiger partial charge in [-0.3, -0.25) is 18.4 Å². The molecule has 5 atom stereocenters. The lowest BCUT2D eigenvalue weighted by atomic mass is 9.92. The molecule has 4 N–H and O–H groups in total. The third-order valence-electron chi connectivity index (χ3n) is 6.62. The molecule has 0 amide bonds. The first-order chi connectivity index (χ1) is 19.3. The molecule has 1 aromatic carbocycles. The highest BCUT2D eigenvalue weighted by molar-refractivity contribution is 8.13. The van der Waals surface area contributed by atoms with Gasteiger partial charge in [0.05, 0.1) is 20.3 Å². The first kappa shape index (κ1) is 33.4. The number of thioether (sulfide) groups is 1. The summed E-state index contributed by atoms with van der Waals surface area (Å²) in [6.45, 7) is 4.23. The largest absolute Gasteiger partial charge is 0.481 e. The Balaban J connectivity index is 1.68. The number of benzene rings is 1. The van der Waals surface area contributed by atoms with Crippen molar-refractivity contribution in [2.75, 3.05) is 32.7 Å². The summed E-state index contributed by atoms with van der Waals surface area (Å²) in [5.74, 6) is 0.254. The number of hydrogen-bond acceptors (Lipinski definition) is 12. The van der Waals surface area contributed by atoms with Crippen molar-refractivity contribution in [3.63, 3.8) is 0 Å². The van der Waals surface area contributed by atoms with Crippen LogP contribution in [0.15, 0.2) is 47.4 Å². The maximum atomic E-state index is 13.7. The van der Waals surface area contributed by atoms with Crippen LogP contribution >= 0.6 is 19.5 Å². The van der Waals surface area contributed by atoms with Crippen molar-refractivity contribution in [2.45, 2.75) is 57.8 Å². The Morgan fingerprint density at radius 1 is 1.27 bits per heavy atom. The van der Waals surface area contributed by atoms with E-state index in [1.165, 1.54) is 26.3 Å². The van der Waals surface area contributed by atoms with Crippen LogP contribution in [-0.2, 0) is 29.7 Å². The molecule has 3 rings (SSSR count). The van der Waals surface area contributed by atoms with Crippen molar-refractivity contribution < 1.29 is 43.2 Å². The standard InChI is InChI=1S/C26H38N3O10PS/c1-25(2,11-13-30)23(32)41-15-14-37-40(35,27-16-18-8-6-5-7-9-18)38-17-19-21(31)26(3,34)22(39-19)29-12-10-20(36-4)28-24(29)33/h5-10,12,19,21-22,30-31,34H,11,13-17H2,1-4H3,(H,27,35)/t19-,21-,22-,26-,40?/m1/s1. The molecule has 0 aliphatic carbocycles. The fourth-order valence-corrected chi connectivity index (χ4v) is 6.30. The molecule has 0 bridgehead atoms. The molecule has 2 heterocycles. The summed E-state index contributed by atoms with van der Waals surface area (Å²) in [5.41, 5.74) is -2.61. The Morgan fingerprint density at radius 2 is 1.98 bits per heavy atom. The summed E-state index contributed by atoms with van der Waals surface area (Å²) < 4.78 is 36.7. The highest BCUT2D eigenvalue weighted by atomic mass is 32.2. The SMILES string of the molecule is COc1ccn([C@@H]2O[C@H](COP(=O)(NCc3ccccc3)OCCSC(=O)C(C)(C)CCO)[C@@H](O)[C@@]2(C)O)c(=O)n1. The quantitative estimate of drug-likeness (QED) is 0.169. The molecule has 1 saturated heterocycles. The average Bonchev–Trinajstić information content (AvgIpc) is 3.17. The second kappa shape index (κ2) is 14.4. The van der Waals surface area contributed by atoms with Gasteiger partial charge in [-0.25, -0.2) is 14.4 Å². The third kappa shape index (κ3) is 8.69. The first-order valence-corrected chi connectivity index (χ1v) is 15.5. The summed E-state index contributed by atoms with van der Waals surface area (Å²) in [6.07, 6.45) is -2.40. The van der Waals surface area contributed by atoms with Gasteiger partial charge >= 0.3 is 13.4 Å². The number of rotatable bonds is 15. The molecule has 0 spiro atoms. The summed E-state index contributed by atoms with van der Waals surface area (Å²) in [7, 11) is -2.66. The predicted molar refractivity (Wildman–Crippen MR) is 151 cm³/mol. The Labute approximate surface area is 242 Å². The minimum Gasteiger partial charge on any atom is -0.481 e. The Hall–Kier alpha value is -2.13. The van der Waals surface area contributed by atoms with Gasteiger partial charge in [0, 0.05) is 36.6 Å². The van der Waals surface area contributed by atoms with Gasteiger partial charge in [-0.2, -0.15) is 4.98 Å². The molecule has 0 radical (unpaired) electrons. The summed E-state index contributed by atoms with van der Waals surface area (Å²) in [4.78, 5) is 28.7. The maximum Gasteiger partial charge on any atom is 0.405 e. The number of carbonyl (C=O) groups excluding carboxylic acids is 1. The van der Waals surface area contributed by atoms with Crippen molar-refractivity contribution in [3.05, 3.63) is 58.6 Å². The number of aliphatic hydroxyl groups is 3. The van der Waals surface area contributed by atoms with E-state index in [-0.39, 0.29) is 36.5 Å². The number of nitrogens with zero attached hydrogens (tertiary/aromatic N) is 2. The zero-order chi connectivity index (χ0) is 30.3. The Bertz CT molecular complexity index is 1260. The van der Waals surface area contributed by atoms with E-state index in [0.717, 1.165) is 21.9 Å². The van der Waals surface area contributed by atoms with E-state index >= 15 is 0 Å². The second-order valence-electron chi connectivity index (χ2n) is 10.3. The molecule has 1 aliphatic rings. The number of carbonyl (C=O) groups is 1. The van der Waals surface area contributed by atoms with Gasteiger partial charge in [0.25, 0.3) is 0 Å².